The SMILES string of the molecule is COc1ccc(C)cc1C(=O)OCC(=O)NCCc1cccc(Cl)c1. The summed E-state index contributed by atoms with van der Waals surface area (Å²) < 4.78 is 10.2. The lowest BCUT2D eigenvalue weighted by molar-refractivity contribution is -0.124. The molecule has 0 bridgehead atoms. The molecule has 0 unspecified atom stereocenters. The number of hydrogen-bond donors (Lipinski definition) is 1. The second-order valence-electron chi connectivity index (χ2n) is 5.51. The fourth-order valence-corrected chi connectivity index (χ4v) is 2.49. The Hall–Kier alpha value is -2.53. The van der Waals surface area contributed by atoms with E-state index >= 15 is 0 Å². The molecule has 5 nitrogen and oxygen atoms in total. The average molecular weight is 362 g/mol. The van der Waals surface area contributed by atoms with Crippen LogP contribution in [0, 0.1) is 6.92 Å². The van der Waals surface area contributed by atoms with Gasteiger partial charge in [-0.1, -0.05) is 35.4 Å². The van der Waals surface area contributed by atoms with Gasteiger partial charge in [-0.05, 0) is 43.2 Å². The normalized spacial score (nSPS) is 10.2. The van der Waals surface area contributed by atoms with Crippen molar-refractivity contribution < 1.29 is 19.1 Å². The Morgan fingerprint density at radius 3 is 2.68 bits per heavy atom. The van der Waals surface area contributed by atoms with Crippen molar-refractivity contribution in [3.8, 4) is 5.75 Å². The molecule has 1 N–H and O–H groups in total. The van der Waals surface area contributed by atoms with Crippen LogP contribution in [0.5, 0.6) is 5.75 Å². The lowest BCUT2D eigenvalue weighted by Gasteiger charge is -2.10. The second-order valence-corrected chi connectivity index (χ2v) is 5.95. The Bertz CT molecular complexity index is 761. The summed E-state index contributed by atoms with van der Waals surface area (Å²) in [4.78, 5) is 23.9. The van der Waals surface area contributed by atoms with Gasteiger partial charge in [-0.25, -0.2) is 4.79 Å². The number of aryl methyl sites for hydroxylation is 1. The number of hydrogen-bond acceptors (Lipinski definition) is 4. The summed E-state index contributed by atoms with van der Waals surface area (Å²) >= 11 is 5.91. The predicted molar refractivity (Wildman–Crippen MR) is 96.2 cm³/mol. The second kappa shape index (κ2) is 9.08. The molecule has 0 fully saturated rings. The van der Waals surface area contributed by atoms with Crippen molar-refractivity contribution in [2.24, 2.45) is 0 Å². The van der Waals surface area contributed by atoms with Crippen LogP contribution in [-0.4, -0.2) is 32.1 Å². The molecular weight excluding hydrogens is 342 g/mol. The zero-order chi connectivity index (χ0) is 18.2. The highest BCUT2D eigenvalue weighted by molar-refractivity contribution is 6.30. The van der Waals surface area contributed by atoms with E-state index in [1.807, 2.05) is 31.2 Å². The molecule has 0 aromatic heterocycles. The van der Waals surface area contributed by atoms with Crippen molar-refractivity contribution in [2.45, 2.75) is 13.3 Å². The van der Waals surface area contributed by atoms with Crippen molar-refractivity contribution in [2.75, 3.05) is 20.3 Å². The third-order valence-electron chi connectivity index (χ3n) is 3.53. The van der Waals surface area contributed by atoms with E-state index in [2.05, 4.69) is 5.32 Å². The molecule has 0 aliphatic heterocycles. The summed E-state index contributed by atoms with van der Waals surface area (Å²) in [6.45, 7) is 1.95. The zero-order valence-corrected chi connectivity index (χ0v) is 14.9. The summed E-state index contributed by atoms with van der Waals surface area (Å²) in [7, 11) is 1.48. The van der Waals surface area contributed by atoms with Gasteiger partial charge in [0.2, 0.25) is 0 Å². The van der Waals surface area contributed by atoms with Crippen LogP contribution in [0.3, 0.4) is 0 Å². The van der Waals surface area contributed by atoms with Gasteiger partial charge < -0.3 is 14.8 Å². The van der Waals surface area contributed by atoms with Crippen LogP contribution in [-0.2, 0) is 16.0 Å². The highest BCUT2D eigenvalue weighted by Crippen LogP contribution is 2.20. The van der Waals surface area contributed by atoms with Crippen molar-refractivity contribution in [3.63, 3.8) is 0 Å². The van der Waals surface area contributed by atoms with Crippen molar-refractivity contribution in [1.82, 2.24) is 5.32 Å². The van der Waals surface area contributed by atoms with E-state index in [9.17, 15) is 9.59 Å². The first-order valence-corrected chi connectivity index (χ1v) is 8.20. The third-order valence-corrected chi connectivity index (χ3v) is 3.77. The highest BCUT2D eigenvalue weighted by Gasteiger charge is 2.15. The van der Waals surface area contributed by atoms with Gasteiger partial charge in [0.05, 0.1) is 7.11 Å². The Morgan fingerprint density at radius 1 is 1.16 bits per heavy atom. The van der Waals surface area contributed by atoms with Crippen LogP contribution in [0.15, 0.2) is 42.5 Å². The monoisotopic (exact) mass is 361 g/mol. The van der Waals surface area contributed by atoms with E-state index in [1.165, 1.54) is 7.11 Å². The molecule has 2 aromatic rings. The van der Waals surface area contributed by atoms with E-state index in [0.717, 1.165) is 11.1 Å². The van der Waals surface area contributed by atoms with Crippen LogP contribution >= 0.6 is 11.6 Å². The molecule has 0 spiro atoms. The Labute approximate surface area is 151 Å². The van der Waals surface area contributed by atoms with Gasteiger partial charge in [0, 0.05) is 11.6 Å². The smallest absolute Gasteiger partial charge is 0.342 e. The average Bonchev–Trinajstić information content (AvgIpc) is 2.59. The van der Waals surface area contributed by atoms with Crippen LogP contribution in [0.2, 0.25) is 5.02 Å². The molecule has 25 heavy (non-hydrogen) atoms. The predicted octanol–water partition coefficient (Wildman–Crippen LogP) is 3.17. The van der Waals surface area contributed by atoms with E-state index in [1.54, 1.807) is 18.2 Å². The zero-order valence-electron chi connectivity index (χ0n) is 14.2. The van der Waals surface area contributed by atoms with Gasteiger partial charge >= 0.3 is 5.97 Å². The Morgan fingerprint density at radius 2 is 1.96 bits per heavy atom. The molecule has 0 saturated heterocycles. The lowest BCUT2D eigenvalue weighted by Crippen LogP contribution is -2.30. The molecule has 6 heteroatoms. The number of rotatable bonds is 7. The number of esters is 1. The van der Waals surface area contributed by atoms with Gasteiger partial charge in [0.1, 0.15) is 11.3 Å². The molecule has 2 rings (SSSR count). The quantitative estimate of drug-likeness (QED) is 0.769. The minimum atomic E-state index is -0.592. The molecular formula is C19H20ClNO4. The van der Waals surface area contributed by atoms with Gasteiger partial charge in [-0.3, -0.25) is 4.79 Å². The van der Waals surface area contributed by atoms with Crippen LogP contribution in [0.4, 0.5) is 0 Å². The van der Waals surface area contributed by atoms with Crippen LogP contribution < -0.4 is 10.1 Å². The summed E-state index contributed by atoms with van der Waals surface area (Å²) in [5.74, 6) is -0.537. The highest BCUT2D eigenvalue weighted by atomic mass is 35.5. The maximum absolute atomic E-state index is 12.1. The number of methoxy groups -OCH3 is 1. The molecule has 132 valence electrons. The number of nitrogens with one attached hydrogen (secondary N) is 1. The van der Waals surface area contributed by atoms with E-state index < -0.39 is 5.97 Å². The number of amides is 1. The van der Waals surface area contributed by atoms with Crippen LogP contribution in [0.1, 0.15) is 21.5 Å². The summed E-state index contributed by atoms with van der Waals surface area (Å²) in [5, 5.41) is 3.36. The first-order valence-electron chi connectivity index (χ1n) is 7.82. The molecule has 0 heterocycles. The van der Waals surface area contributed by atoms with Crippen LogP contribution in [0.25, 0.3) is 0 Å². The number of ether oxygens (including phenoxy) is 2. The molecule has 0 radical (unpaired) electrons. The van der Waals surface area contributed by atoms with Crippen molar-refractivity contribution in [3.05, 3.63) is 64.2 Å². The molecule has 0 atom stereocenters. The summed E-state index contributed by atoms with van der Waals surface area (Å²) in [6, 6.07) is 12.6. The standard InChI is InChI=1S/C19H20ClNO4/c1-13-6-7-17(24-2)16(10-13)19(23)25-12-18(22)21-9-8-14-4-3-5-15(20)11-14/h3-7,10-11H,8-9,12H2,1-2H3,(H,21,22). The number of halogens is 1. The van der Waals surface area contributed by atoms with Gasteiger partial charge in [0.25, 0.3) is 5.91 Å². The van der Waals surface area contributed by atoms with E-state index in [4.69, 9.17) is 21.1 Å². The summed E-state index contributed by atoms with van der Waals surface area (Å²) in [5.41, 5.74) is 2.22. The minimum Gasteiger partial charge on any atom is -0.496 e. The third kappa shape index (κ3) is 5.80. The molecule has 2 aromatic carbocycles. The largest absolute Gasteiger partial charge is 0.496 e. The number of carbonyl (C=O) groups excluding carboxylic acids is 2. The fraction of sp³-hybridized carbons (Fsp3) is 0.263. The van der Waals surface area contributed by atoms with Gasteiger partial charge in [0.15, 0.2) is 6.61 Å². The minimum absolute atomic E-state index is 0.300. The van der Waals surface area contributed by atoms with Crippen molar-refractivity contribution >= 4 is 23.5 Å². The Kier molecular flexibility index (Phi) is 6.83. The van der Waals surface area contributed by atoms with E-state index in [-0.39, 0.29) is 12.5 Å². The lowest BCUT2D eigenvalue weighted by atomic mass is 10.1. The first kappa shape index (κ1) is 18.8. The van der Waals surface area contributed by atoms with Crippen molar-refractivity contribution in [1.29, 1.82) is 0 Å². The summed E-state index contributed by atoms with van der Waals surface area (Å²) in [6.07, 6.45) is 0.645. The molecule has 0 saturated carbocycles. The van der Waals surface area contributed by atoms with Gasteiger partial charge in [-0.2, -0.15) is 0 Å². The van der Waals surface area contributed by atoms with Gasteiger partial charge in [-0.15, -0.1) is 0 Å². The first-order chi connectivity index (χ1) is 12.0. The molecule has 0 aliphatic carbocycles. The maximum atomic E-state index is 12.1. The molecule has 0 aliphatic rings. The number of benzene rings is 2. The van der Waals surface area contributed by atoms with E-state index in [0.29, 0.717) is 29.3 Å². The topological polar surface area (TPSA) is 64.6 Å². The maximum Gasteiger partial charge on any atom is 0.342 e. The number of carbonyl (C=O) groups is 2. The fourth-order valence-electron chi connectivity index (χ4n) is 2.28. The Balaban J connectivity index is 1.80. The molecule has 1 amide bonds.